The van der Waals surface area contributed by atoms with E-state index in [0.717, 1.165) is 25.7 Å². The predicted octanol–water partition coefficient (Wildman–Crippen LogP) is 3.00. The summed E-state index contributed by atoms with van der Waals surface area (Å²) in [4.78, 5) is 10.6. The van der Waals surface area contributed by atoms with Crippen molar-refractivity contribution >= 4 is 5.97 Å². The molecular formula is C12H22O3. The van der Waals surface area contributed by atoms with Crippen LogP contribution in [0.3, 0.4) is 0 Å². The third-order valence-electron chi connectivity index (χ3n) is 2.18. The summed E-state index contributed by atoms with van der Waals surface area (Å²) >= 11 is 0. The summed E-state index contributed by atoms with van der Waals surface area (Å²) in [6.07, 6.45) is 5.68. The van der Waals surface area contributed by atoms with Crippen molar-refractivity contribution < 1.29 is 14.6 Å². The molecule has 15 heavy (non-hydrogen) atoms. The first-order valence-electron chi connectivity index (χ1n) is 5.65. The minimum absolute atomic E-state index is 0.0438. The van der Waals surface area contributed by atoms with Crippen LogP contribution in [0, 0.1) is 0 Å². The highest BCUT2D eigenvalue weighted by atomic mass is 16.5. The Balaban J connectivity index is 4.13. The van der Waals surface area contributed by atoms with Crippen LogP contribution in [-0.4, -0.2) is 23.8 Å². The molecule has 0 radical (unpaired) electrons. The van der Waals surface area contributed by atoms with Gasteiger partial charge in [-0.3, -0.25) is 0 Å². The molecule has 3 heteroatoms. The maximum Gasteiger partial charge on any atom is 0.331 e. The lowest BCUT2D eigenvalue weighted by atomic mass is 10.1. The highest BCUT2D eigenvalue weighted by Crippen LogP contribution is 2.08. The van der Waals surface area contributed by atoms with Crippen LogP contribution in [0.5, 0.6) is 0 Å². The van der Waals surface area contributed by atoms with Crippen molar-refractivity contribution in [1.29, 1.82) is 0 Å². The number of hydrogen-bond donors (Lipinski definition) is 1. The van der Waals surface area contributed by atoms with Gasteiger partial charge in [0.2, 0.25) is 0 Å². The number of carbonyl (C=O) groups is 1. The molecule has 0 heterocycles. The van der Waals surface area contributed by atoms with Gasteiger partial charge in [0.05, 0.1) is 6.10 Å². The van der Waals surface area contributed by atoms with E-state index in [9.17, 15) is 4.79 Å². The van der Waals surface area contributed by atoms with Gasteiger partial charge in [0.15, 0.2) is 0 Å². The molecule has 1 atom stereocenters. The second kappa shape index (κ2) is 8.48. The molecule has 1 unspecified atom stereocenters. The van der Waals surface area contributed by atoms with Crippen molar-refractivity contribution in [3.8, 4) is 0 Å². The summed E-state index contributed by atoms with van der Waals surface area (Å²) in [6, 6.07) is 0. The van der Waals surface area contributed by atoms with Gasteiger partial charge in [-0.15, -0.1) is 0 Å². The maximum absolute atomic E-state index is 10.6. The molecule has 0 fully saturated rings. The zero-order chi connectivity index (χ0) is 11.7. The Bertz CT molecular complexity index is 209. The Morgan fingerprint density at radius 2 is 2.07 bits per heavy atom. The maximum atomic E-state index is 10.6. The number of carboxylic acids is 1. The van der Waals surface area contributed by atoms with Crippen molar-refractivity contribution in [1.82, 2.24) is 0 Å². The number of aliphatic carboxylic acids is 1. The highest BCUT2D eigenvalue weighted by Gasteiger charge is 2.08. The first-order chi connectivity index (χ1) is 7.11. The summed E-state index contributed by atoms with van der Waals surface area (Å²) in [5, 5.41) is 8.75. The zero-order valence-electron chi connectivity index (χ0n) is 9.95. The van der Waals surface area contributed by atoms with E-state index in [1.165, 1.54) is 0 Å². The van der Waals surface area contributed by atoms with Crippen molar-refractivity contribution in [3.63, 3.8) is 0 Å². The van der Waals surface area contributed by atoms with E-state index in [0.29, 0.717) is 12.2 Å². The minimum atomic E-state index is -0.866. The summed E-state index contributed by atoms with van der Waals surface area (Å²) in [7, 11) is 0. The van der Waals surface area contributed by atoms with Gasteiger partial charge in [0, 0.05) is 12.2 Å². The molecule has 0 bridgehead atoms. The zero-order valence-corrected chi connectivity index (χ0v) is 9.95. The van der Waals surface area contributed by atoms with Crippen molar-refractivity contribution in [2.45, 2.75) is 52.6 Å². The third kappa shape index (κ3) is 7.14. The molecule has 0 aromatic heterocycles. The average Bonchev–Trinajstić information content (AvgIpc) is 2.18. The van der Waals surface area contributed by atoms with Gasteiger partial charge in [0.1, 0.15) is 0 Å². The molecule has 0 saturated carbocycles. The van der Waals surface area contributed by atoms with Crippen LogP contribution in [0.15, 0.2) is 11.6 Å². The molecule has 0 rings (SSSR count). The van der Waals surface area contributed by atoms with Gasteiger partial charge >= 0.3 is 5.97 Å². The van der Waals surface area contributed by atoms with Crippen LogP contribution in [0.25, 0.3) is 0 Å². The summed E-state index contributed by atoms with van der Waals surface area (Å²) in [5.74, 6) is -0.866. The number of ether oxygens (including phenoxy) is 1. The van der Waals surface area contributed by atoms with Crippen LogP contribution in [0.4, 0.5) is 0 Å². The van der Waals surface area contributed by atoms with Gasteiger partial charge in [0.25, 0.3) is 0 Å². The lowest BCUT2D eigenvalue weighted by Gasteiger charge is -2.13. The van der Waals surface area contributed by atoms with Gasteiger partial charge < -0.3 is 9.84 Å². The molecule has 88 valence electrons. The SMILES string of the molecule is CCCCOC(C=C(C)C(=O)O)CCC. The van der Waals surface area contributed by atoms with Crippen LogP contribution in [0.2, 0.25) is 0 Å². The topological polar surface area (TPSA) is 46.5 Å². The summed E-state index contributed by atoms with van der Waals surface area (Å²) < 4.78 is 5.60. The number of unbranched alkanes of at least 4 members (excludes halogenated alkanes) is 1. The van der Waals surface area contributed by atoms with Crippen LogP contribution < -0.4 is 0 Å². The fraction of sp³-hybridized carbons (Fsp3) is 0.750. The largest absolute Gasteiger partial charge is 0.478 e. The lowest BCUT2D eigenvalue weighted by molar-refractivity contribution is -0.132. The Hall–Kier alpha value is -0.830. The van der Waals surface area contributed by atoms with E-state index in [4.69, 9.17) is 9.84 Å². The molecule has 0 aliphatic rings. The Labute approximate surface area is 92.1 Å². The fourth-order valence-electron chi connectivity index (χ4n) is 1.23. The molecule has 0 spiro atoms. The van der Waals surface area contributed by atoms with Crippen LogP contribution in [-0.2, 0) is 9.53 Å². The molecule has 0 amide bonds. The van der Waals surface area contributed by atoms with Gasteiger partial charge in [-0.1, -0.05) is 26.7 Å². The Morgan fingerprint density at radius 3 is 2.53 bits per heavy atom. The van der Waals surface area contributed by atoms with E-state index >= 15 is 0 Å². The van der Waals surface area contributed by atoms with Gasteiger partial charge in [-0.05, 0) is 25.8 Å². The van der Waals surface area contributed by atoms with E-state index in [1.54, 1.807) is 13.0 Å². The second-order valence-electron chi connectivity index (χ2n) is 3.71. The van der Waals surface area contributed by atoms with E-state index in [1.807, 2.05) is 0 Å². The predicted molar refractivity (Wildman–Crippen MR) is 60.9 cm³/mol. The Kier molecular flexibility index (Phi) is 8.01. The molecule has 1 N–H and O–H groups in total. The van der Waals surface area contributed by atoms with Crippen molar-refractivity contribution in [2.75, 3.05) is 6.61 Å². The molecule has 0 aliphatic carbocycles. The quantitative estimate of drug-likeness (QED) is 0.499. The Morgan fingerprint density at radius 1 is 1.40 bits per heavy atom. The molecule has 0 aromatic carbocycles. The number of rotatable bonds is 8. The molecule has 0 saturated heterocycles. The fourth-order valence-corrected chi connectivity index (χ4v) is 1.23. The first-order valence-corrected chi connectivity index (χ1v) is 5.65. The average molecular weight is 214 g/mol. The smallest absolute Gasteiger partial charge is 0.331 e. The van der Waals surface area contributed by atoms with Gasteiger partial charge in [-0.2, -0.15) is 0 Å². The number of carboxylic acid groups (broad SMARTS) is 1. The third-order valence-corrected chi connectivity index (χ3v) is 2.18. The van der Waals surface area contributed by atoms with E-state index in [2.05, 4.69) is 13.8 Å². The molecule has 0 aliphatic heterocycles. The highest BCUT2D eigenvalue weighted by molar-refractivity contribution is 5.85. The van der Waals surface area contributed by atoms with Crippen LogP contribution in [0.1, 0.15) is 46.5 Å². The van der Waals surface area contributed by atoms with Gasteiger partial charge in [-0.25, -0.2) is 4.79 Å². The van der Waals surface area contributed by atoms with Crippen LogP contribution >= 0.6 is 0 Å². The summed E-state index contributed by atoms with van der Waals surface area (Å²) in [5.41, 5.74) is 0.366. The molecule has 3 nitrogen and oxygen atoms in total. The lowest BCUT2D eigenvalue weighted by Crippen LogP contribution is -2.13. The van der Waals surface area contributed by atoms with E-state index < -0.39 is 5.97 Å². The summed E-state index contributed by atoms with van der Waals surface area (Å²) in [6.45, 7) is 6.50. The van der Waals surface area contributed by atoms with Crippen molar-refractivity contribution in [3.05, 3.63) is 11.6 Å². The number of hydrogen-bond acceptors (Lipinski definition) is 2. The first kappa shape index (κ1) is 14.2. The monoisotopic (exact) mass is 214 g/mol. The second-order valence-corrected chi connectivity index (χ2v) is 3.71. The van der Waals surface area contributed by atoms with E-state index in [-0.39, 0.29) is 6.10 Å². The standard InChI is InChI=1S/C12H22O3/c1-4-6-8-15-11(7-5-2)9-10(3)12(13)14/h9,11H,4-8H2,1-3H3,(H,13,14). The molecule has 0 aromatic rings. The minimum Gasteiger partial charge on any atom is -0.478 e. The normalized spacial score (nSPS) is 13.9. The molecular weight excluding hydrogens is 192 g/mol. The van der Waals surface area contributed by atoms with Crippen molar-refractivity contribution in [2.24, 2.45) is 0 Å².